The van der Waals surface area contributed by atoms with Crippen LogP contribution in [0.3, 0.4) is 0 Å². The summed E-state index contributed by atoms with van der Waals surface area (Å²) in [5, 5.41) is 3.57. The largest absolute Gasteiger partial charge is 0.382 e. The summed E-state index contributed by atoms with van der Waals surface area (Å²) in [6, 6.07) is 7.23. The van der Waals surface area contributed by atoms with Crippen molar-refractivity contribution in [2.75, 3.05) is 11.9 Å². The van der Waals surface area contributed by atoms with Crippen LogP contribution in [0, 0.1) is 12.8 Å². The van der Waals surface area contributed by atoms with Gasteiger partial charge in [0.15, 0.2) is 0 Å². The summed E-state index contributed by atoms with van der Waals surface area (Å²) >= 11 is 0. The highest BCUT2D eigenvalue weighted by atomic mass is 14.9. The van der Waals surface area contributed by atoms with Gasteiger partial charge < -0.3 is 11.1 Å². The topological polar surface area (TPSA) is 38.0 Å². The molecule has 0 amide bonds. The molecule has 0 bridgehead atoms. The maximum Gasteiger partial charge on any atom is 0.0375 e. The Hall–Kier alpha value is -1.02. The van der Waals surface area contributed by atoms with Crippen LogP contribution in [0.2, 0.25) is 0 Å². The Balaban J connectivity index is 2.03. The third-order valence-electron chi connectivity index (χ3n) is 3.18. The van der Waals surface area contributed by atoms with Crippen molar-refractivity contribution in [2.24, 2.45) is 11.7 Å². The van der Waals surface area contributed by atoms with E-state index in [1.807, 2.05) is 0 Å². The van der Waals surface area contributed by atoms with Crippen molar-refractivity contribution >= 4 is 5.69 Å². The predicted octanol–water partition coefficient (Wildman–Crippen LogP) is 2.32. The molecule has 0 saturated heterocycles. The minimum atomic E-state index is 0.584. The molecule has 0 radical (unpaired) electrons. The molecule has 15 heavy (non-hydrogen) atoms. The number of hydrogen-bond acceptors (Lipinski definition) is 2. The van der Waals surface area contributed by atoms with Crippen molar-refractivity contribution in [2.45, 2.75) is 32.7 Å². The second-order valence-corrected chi connectivity index (χ2v) is 4.78. The van der Waals surface area contributed by atoms with Crippen LogP contribution in [0.4, 0.5) is 5.69 Å². The molecule has 0 aromatic heterocycles. The maximum absolute atomic E-state index is 5.65. The number of aryl methyl sites for hydroxylation is 1. The van der Waals surface area contributed by atoms with Crippen LogP contribution in [-0.2, 0) is 6.42 Å². The van der Waals surface area contributed by atoms with Gasteiger partial charge in [-0.15, -0.1) is 0 Å². The van der Waals surface area contributed by atoms with E-state index in [0.717, 1.165) is 13.0 Å². The first-order chi connectivity index (χ1) is 7.19. The van der Waals surface area contributed by atoms with Gasteiger partial charge in [-0.1, -0.05) is 24.6 Å². The summed E-state index contributed by atoms with van der Waals surface area (Å²) in [7, 11) is 0. The highest BCUT2D eigenvalue weighted by Gasteiger charge is 2.21. The zero-order valence-electron chi connectivity index (χ0n) is 9.59. The van der Waals surface area contributed by atoms with Crippen molar-refractivity contribution in [3.8, 4) is 0 Å². The number of benzene rings is 1. The Kier molecular flexibility index (Phi) is 2.96. The molecule has 1 aliphatic heterocycles. The first-order valence-electron chi connectivity index (χ1n) is 5.75. The molecule has 0 aliphatic carbocycles. The van der Waals surface area contributed by atoms with E-state index in [1.54, 1.807) is 0 Å². The molecule has 82 valence electrons. The number of hydrogen-bond donors (Lipinski definition) is 2. The Labute approximate surface area is 91.9 Å². The maximum atomic E-state index is 5.65. The van der Waals surface area contributed by atoms with Crippen LogP contribution in [0.15, 0.2) is 18.2 Å². The van der Waals surface area contributed by atoms with Gasteiger partial charge in [0.2, 0.25) is 0 Å². The lowest BCUT2D eigenvalue weighted by Crippen LogP contribution is -2.22. The average Bonchev–Trinajstić information content (AvgIpc) is 2.59. The van der Waals surface area contributed by atoms with Crippen LogP contribution >= 0.6 is 0 Å². The minimum absolute atomic E-state index is 0.584. The Morgan fingerprint density at radius 2 is 2.33 bits per heavy atom. The molecule has 1 heterocycles. The first kappa shape index (κ1) is 10.5. The van der Waals surface area contributed by atoms with Crippen LogP contribution in [-0.4, -0.2) is 12.6 Å². The SMILES string of the molecule is Cc1ccc2c(c1)CC(CC(C)CN)N2. The molecular weight excluding hydrogens is 184 g/mol. The van der Waals surface area contributed by atoms with Gasteiger partial charge in [0.1, 0.15) is 0 Å². The molecule has 2 rings (SSSR count). The fraction of sp³-hybridized carbons (Fsp3) is 0.538. The second-order valence-electron chi connectivity index (χ2n) is 4.78. The molecule has 1 aromatic carbocycles. The van der Waals surface area contributed by atoms with E-state index in [4.69, 9.17) is 5.73 Å². The molecule has 2 atom stereocenters. The van der Waals surface area contributed by atoms with E-state index < -0.39 is 0 Å². The number of rotatable bonds is 3. The van der Waals surface area contributed by atoms with Crippen molar-refractivity contribution in [3.63, 3.8) is 0 Å². The molecule has 2 nitrogen and oxygen atoms in total. The molecule has 0 fully saturated rings. The molecule has 0 spiro atoms. The molecule has 0 saturated carbocycles. The van der Waals surface area contributed by atoms with Gasteiger partial charge in [-0.3, -0.25) is 0 Å². The summed E-state index contributed by atoms with van der Waals surface area (Å²) in [5.41, 5.74) is 9.78. The predicted molar refractivity (Wildman–Crippen MR) is 65.1 cm³/mol. The zero-order valence-corrected chi connectivity index (χ0v) is 9.59. The van der Waals surface area contributed by atoms with Crippen LogP contribution in [0.5, 0.6) is 0 Å². The summed E-state index contributed by atoms with van der Waals surface area (Å²) < 4.78 is 0. The summed E-state index contributed by atoms with van der Waals surface area (Å²) in [6.07, 6.45) is 2.32. The minimum Gasteiger partial charge on any atom is -0.382 e. The first-order valence-corrected chi connectivity index (χ1v) is 5.75. The van der Waals surface area contributed by atoms with Crippen LogP contribution in [0.1, 0.15) is 24.5 Å². The third kappa shape index (κ3) is 2.32. The Morgan fingerprint density at radius 1 is 1.53 bits per heavy atom. The number of nitrogens with one attached hydrogen (secondary N) is 1. The lowest BCUT2D eigenvalue weighted by Gasteiger charge is -2.15. The van der Waals surface area contributed by atoms with Gasteiger partial charge in [-0.2, -0.15) is 0 Å². The third-order valence-corrected chi connectivity index (χ3v) is 3.18. The highest BCUT2D eigenvalue weighted by Crippen LogP contribution is 2.29. The highest BCUT2D eigenvalue weighted by molar-refractivity contribution is 5.57. The molecular formula is C13H20N2. The standard InChI is InChI=1S/C13H20N2/c1-9-3-4-13-11(5-9)7-12(15-13)6-10(2)8-14/h3-5,10,12,15H,6-8,14H2,1-2H3. The van der Waals surface area contributed by atoms with Crippen molar-refractivity contribution in [1.29, 1.82) is 0 Å². The molecule has 2 heteroatoms. The quantitative estimate of drug-likeness (QED) is 0.793. The van der Waals surface area contributed by atoms with Crippen molar-refractivity contribution in [3.05, 3.63) is 29.3 Å². The molecule has 1 aromatic rings. The fourth-order valence-corrected chi connectivity index (χ4v) is 2.29. The van der Waals surface area contributed by atoms with E-state index >= 15 is 0 Å². The van der Waals surface area contributed by atoms with E-state index in [9.17, 15) is 0 Å². The molecule has 2 unspecified atom stereocenters. The summed E-state index contributed by atoms with van der Waals surface area (Å²) in [5.74, 6) is 0.609. The van der Waals surface area contributed by atoms with Gasteiger partial charge in [0.25, 0.3) is 0 Å². The molecule has 1 aliphatic rings. The number of fused-ring (bicyclic) bond motifs is 1. The number of anilines is 1. The smallest absolute Gasteiger partial charge is 0.0375 e. The van der Waals surface area contributed by atoms with Gasteiger partial charge >= 0.3 is 0 Å². The van der Waals surface area contributed by atoms with Crippen molar-refractivity contribution < 1.29 is 0 Å². The van der Waals surface area contributed by atoms with Crippen LogP contribution < -0.4 is 11.1 Å². The van der Waals surface area contributed by atoms with Gasteiger partial charge in [0.05, 0.1) is 0 Å². The fourth-order valence-electron chi connectivity index (χ4n) is 2.29. The normalized spacial score (nSPS) is 20.9. The van der Waals surface area contributed by atoms with Crippen LogP contribution in [0.25, 0.3) is 0 Å². The van der Waals surface area contributed by atoms with Crippen molar-refractivity contribution in [1.82, 2.24) is 0 Å². The van der Waals surface area contributed by atoms with E-state index in [0.29, 0.717) is 12.0 Å². The van der Waals surface area contributed by atoms with E-state index in [2.05, 4.69) is 37.4 Å². The molecule has 3 N–H and O–H groups in total. The van der Waals surface area contributed by atoms with E-state index in [1.165, 1.54) is 23.2 Å². The summed E-state index contributed by atoms with van der Waals surface area (Å²) in [4.78, 5) is 0. The lowest BCUT2D eigenvalue weighted by molar-refractivity contribution is 0.496. The lowest BCUT2D eigenvalue weighted by atomic mass is 9.99. The summed E-state index contributed by atoms with van der Waals surface area (Å²) in [6.45, 7) is 5.15. The Bertz CT molecular complexity index is 346. The van der Waals surface area contributed by atoms with Gasteiger partial charge in [0, 0.05) is 11.7 Å². The average molecular weight is 204 g/mol. The Morgan fingerprint density at radius 3 is 3.07 bits per heavy atom. The van der Waals surface area contributed by atoms with Gasteiger partial charge in [-0.05, 0) is 43.9 Å². The monoisotopic (exact) mass is 204 g/mol. The second kappa shape index (κ2) is 4.23. The number of nitrogens with two attached hydrogens (primary N) is 1. The van der Waals surface area contributed by atoms with E-state index in [-0.39, 0.29) is 0 Å². The van der Waals surface area contributed by atoms with Gasteiger partial charge in [-0.25, -0.2) is 0 Å². The zero-order chi connectivity index (χ0) is 10.8.